The smallest absolute Gasteiger partial charge is 0.340 e. The van der Waals surface area contributed by atoms with Crippen molar-refractivity contribution in [2.75, 3.05) is 0 Å². The van der Waals surface area contributed by atoms with Gasteiger partial charge in [-0.1, -0.05) is 6.07 Å². The molecule has 5 nitrogen and oxygen atoms in total. The van der Waals surface area contributed by atoms with Gasteiger partial charge in [-0.05, 0) is 38.0 Å². The summed E-state index contributed by atoms with van der Waals surface area (Å²) in [6.45, 7) is 3.34. The van der Waals surface area contributed by atoms with Crippen LogP contribution in [0.25, 0.3) is 0 Å². The maximum absolute atomic E-state index is 13.8. The van der Waals surface area contributed by atoms with E-state index in [1.165, 1.54) is 6.07 Å². The number of allylic oxidation sites excluding steroid dienone is 2. The third-order valence-electron chi connectivity index (χ3n) is 4.32. The minimum atomic E-state index is -1.07. The van der Waals surface area contributed by atoms with E-state index in [1.807, 2.05) is 0 Å². The molecule has 0 saturated heterocycles. The van der Waals surface area contributed by atoms with E-state index < -0.39 is 29.6 Å². The van der Waals surface area contributed by atoms with Crippen LogP contribution in [-0.2, 0) is 19.1 Å². The monoisotopic (exact) mass is 363 g/mol. The molecule has 1 unspecified atom stereocenters. The van der Waals surface area contributed by atoms with Crippen LogP contribution in [0.15, 0.2) is 41.0 Å². The molecule has 2 aliphatic rings. The zero-order valence-electron chi connectivity index (χ0n) is 14.5. The van der Waals surface area contributed by atoms with Crippen LogP contribution in [-0.4, -0.2) is 17.9 Å². The average Bonchev–Trinajstić information content (AvgIpc) is 2.55. The molecule has 26 heavy (non-hydrogen) atoms. The molecule has 1 aromatic carbocycles. The van der Waals surface area contributed by atoms with Crippen LogP contribution in [0.5, 0.6) is 0 Å². The van der Waals surface area contributed by atoms with Crippen molar-refractivity contribution in [3.63, 3.8) is 0 Å². The van der Waals surface area contributed by atoms with Gasteiger partial charge in [-0.15, -0.1) is 0 Å². The van der Waals surface area contributed by atoms with Gasteiger partial charge in [-0.2, -0.15) is 0 Å². The summed E-state index contributed by atoms with van der Waals surface area (Å²) in [6.07, 6.45) is 0.940. The first-order chi connectivity index (χ1) is 12.3. The summed E-state index contributed by atoms with van der Waals surface area (Å²) in [7, 11) is 0. The SMILES string of the molecule is CC(C)OC(=O)C1=C(N)OC2=C(C(=O)CCC2)C1c1ccc(F)c(F)c1. The largest absolute Gasteiger partial charge is 0.459 e. The number of benzene rings is 1. The molecule has 0 spiro atoms. The van der Waals surface area contributed by atoms with Gasteiger partial charge in [0.15, 0.2) is 17.4 Å². The lowest BCUT2D eigenvalue weighted by Crippen LogP contribution is -2.32. The molecule has 3 rings (SSSR count). The highest BCUT2D eigenvalue weighted by atomic mass is 19.2. The molecule has 138 valence electrons. The number of carbonyl (C=O) groups excluding carboxylic acids is 2. The number of Topliss-reactive ketones (excluding diaryl/α,β-unsaturated/α-hetero) is 1. The van der Waals surface area contributed by atoms with E-state index in [1.54, 1.807) is 13.8 Å². The number of ether oxygens (including phenoxy) is 2. The standard InChI is InChI=1S/C19H19F2NO4/c1-9(2)25-19(24)17-15(10-6-7-11(20)12(21)8-10)16-13(23)4-3-5-14(16)26-18(17)22/h6-9,15H,3-5,22H2,1-2H3. The van der Waals surface area contributed by atoms with Gasteiger partial charge >= 0.3 is 5.97 Å². The van der Waals surface area contributed by atoms with Gasteiger partial charge in [-0.3, -0.25) is 4.79 Å². The molecule has 1 heterocycles. The molecule has 1 atom stereocenters. The van der Waals surface area contributed by atoms with Crippen molar-refractivity contribution in [3.8, 4) is 0 Å². The van der Waals surface area contributed by atoms with Gasteiger partial charge in [0, 0.05) is 18.4 Å². The summed E-state index contributed by atoms with van der Waals surface area (Å²) < 4.78 is 37.9. The molecule has 1 aliphatic carbocycles. The number of carbonyl (C=O) groups is 2. The van der Waals surface area contributed by atoms with Gasteiger partial charge in [0.05, 0.1) is 12.0 Å². The fourth-order valence-electron chi connectivity index (χ4n) is 3.26. The third-order valence-corrected chi connectivity index (χ3v) is 4.32. The first kappa shape index (κ1) is 18.1. The number of nitrogens with two attached hydrogens (primary N) is 1. The number of hydrogen-bond acceptors (Lipinski definition) is 5. The summed E-state index contributed by atoms with van der Waals surface area (Å²) >= 11 is 0. The summed E-state index contributed by atoms with van der Waals surface area (Å²) in [5.74, 6) is -3.82. The van der Waals surface area contributed by atoms with Gasteiger partial charge in [-0.25, -0.2) is 13.6 Å². The van der Waals surface area contributed by atoms with Crippen molar-refractivity contribution in [1.82, 2.24) is 0 Å². The van der Waals surface area contributed by atoms with Crippen LogP contribution in [0.4, 0.5) is 8.78 Å². The molecule has 2 N–H and O–H groups in total. The average molecular weight is 363 g/mol. The molecule has 0 bridgehead atoms. The van der Waals surface area contributed by atoms with Crippen molar-refractivity contribution in [1.29, 1.82) is 0 Å². The highest BCUT2D eigenvalue weighted by Crippen LogP contribution is 2.44. The zero-order chi connectivity index (χ0) is 19.0. The number of hydrogen-bond donors (Lipinski definition) is 1. The van der Waals surface area contributed by atoms with E-state index in [9.17, 15) is 18.4 Å². The first-order valence-corrected chi connectivity index (χ1v) is 8.39. The molecule has 0 radical (unpaired) electrons. The Kier molecular flexibility index (Phi) is 4.80. The molecule has 0 amide bonds. The second kappa shape index (κ2) is 6.90. The normalized spacial score (nSPS) is 20.2. The summed E-state index contributed by atoms with van der Waals surface area (Å²) in [6, 6.07) is 3.25. The van der Waals surface area contributed by atoms with Crippen molar-refractivity contribution in [3.05, 3.63) is 58.2 Å². The lowest BCUT2D eigenvalue weighted by molar-refractivity contribution is -0.143. The minimum absolute atomic E-state index is 0.0706. The van der Waals surface area contributed by atoms with Crippen LogP contribution < -0.4 is 5.73 Å². The number of rotatable bonds is 3. The van der Waals surface area contributed by atoms with Gasteiger partial charge in [0.2, 0.25) is 5.88 Å². The van der Waals surface area contributed by atoms with E-state index in [0.717, 1.165) is 12.1 Å². The fourth-order valence-corrected chi connectivity index (χ4v) is 3.26. The second-order valence-corrected chi connectivity index (χ2v) is 6.55. The molecule has 7 heteroatoms. The molecular formula is C19H19F2NO4. The second-order valence-electron chi connectivity index (χ2n) is 6.55. The zero-order valence-corrected chi connectivity index (χ0v) is 14.5. The first-order valence-electron chi connectivity index (χ1n) is 8.39. The van der Waals surface area contributed by atoms with E-state index >= 15 is 0 Å². The molecule has 1 aromatic rings. The van der Waals surface area contributed by atoms with Crippen LogP contribution in [0.1, 0.15) is 44.6 Å². The Morgan fingerprint density at radius 2 is 2.00 bits per heavy atom. The lowest BCUT2D eigenvalue weighted by Gasteiger charge is -2.32. The molecule has 0 saturated carbocycles. The highest BCUT2D eigenvalue weighted by Gasteiger charge is 2.41. The van der Waals surface area contributed by atoms with Crippen LogP contribution in [0, 0.1) is 11.6 Å². The van der Waals surface area contributed by atoms with Gasteiger partial charge < -0.3 is 15.2 Å². The topological polar surface area (TPSA) is 78.6 Å². The lowest BCUT2D eigenvalue weighted by atomic mass is 9.77. The van der Waals surface area contributed by atoms with Crippen LogP contribution in [0.3, 0.4) is 0 Å². The molecule has 1 aliphatic heterocycles. The highest BCUT2D eigenvalue weighted by molar-refractivity contribution is 6.03. The minimum Gasteiger partial charge on any atom is -0.459 e. The van der Waals surface area contributed by atoms with E-state index in [0.29, 0.717) is 18.6 Å². The van der Waals surface area contributed by atoms with Crippen molar-refractivity contribution < 1.29 is 27.8 Å². The third kappa shape index (κ3) is 3.21. The van der Waals surface area contributed by atoms with E-state index in [-0.39, 0.29) is 34.8 Å². The Morgan fingerprint density at radius 1 is 1.27 bits per heavy atom. The number of ketones is 1. The molecular weight excluding hydrogens is 344 g/mol. The molecule has 0 aromatic heterocycles. The van der Waals surface area contributed by atoms with Gasteiger partial charge in [0.1, 0.15) is 11.3 Å². The predicted octanol–water partition coefficient (Wildman–Crippen LogP) is 3.21. The van der Waals surface area contributed by atoms with Crippen molar-refractivity contribution >= 4 is 11.8 Å². The van der Waals surface area contributed by atoms with Crippen molar-refractivity contribution in [2.24, 2.45) is 5.73 Å². The Bertz CT molecular complexity index is 842. The van der Waals surface area contributed by atoms with Crippen LogP contribution in [0.2, 0.25) is 0 Å². The number of esters is 1. The summed E-state index contributed by atoms with van der Waals surface area (Å²) in [5.41, 5.74) is 6.38. The van der Waals surface area contributed by atoms with E-state index in [2.05, 4.69) is 0 Å². The number of halogens is 2. The Hall–Kier alpha value is -2.70. The summed E-state index contributed by atoms with van der Waals surface area (Å²) in [5, 5.41) is 0. The van der Waals surface area contributed by atoms with Crippen molar-refractivity contribution in [2.45, 2.75) is 45.1 Å². The Balaban J connectivity index is 2.16. The predicted molar refractivity (Wildman–Crippen MR) is 88.5 cm³/mol. The van der Waals surface area contributed by atoms with Gasteiger partial charge in [0.25, 0.3) is 0 Å². The summed E-state index contributed by atoms with van der Waals surface area (Å²) in [4.78, 5) is 25.1. The Labute approximate surface area is 149 Å². The van der Waals surface area contributed by atoms with Crippen LogP contribution >= 0.6 is 0 Å². The quantitative estimate of drug-likeness (QED) is 0.835. The Morgan fingerprint density at radius 3 is 2.65 bits per heavy atom. The maximum Gasteiger partial charge on any atom is 0.340 e. The van der Waals surface area contributed by atoms with E-state index in [4.69, 9.17) is 15.2 Å². The maximum atomic E-state index is 13.8. The molecule has 0 fully saturated rings. The fraction of sp³-hybridized carbons (Fsp3) is 0.368.